The van der Waals surface area contributed by atoms with Gasteiger partial charge in [0.25, 0.3) is 0 Å². The minimum absolute atomic E-state index is 0.122. The molecular weight excluding hydrogens is 315 g/mol. The van der Waals surface area contributed by atoms with Crippen LogP contribution in [0.5, 0.6) is 0 Å². The maximum atomic E-state index is 12.8. The summed E-state index contributed by atoms with van der Waals surface area (Å²) in [6.07, 6.45) is 6.42. The van der Waals surface area contributed by atoms with Crippen LogP contribution in [0, 0.1) is 5.82 Å². The van der Waals surface area contributed by atoms with Gasteiger partial charge in [0.1, 0.15) is 5.82 Å². The number of rotatable bonds is 6. The maximum absolute atomic E-state index is 12.8. The van der Waals surface area contributed by atoms with Gasteiger partial charge in [-0.25, -0.2) is 4.39 Å². The number of aryl methyl sites for hydroxylation is 1. The number of para-hydroxylation sites is 1. The van der Waals surface area contributed by atoms with Crippen LogP contribution in [0.25, 0.3) is 6.08 Å². The molecule has 1 heterocycles. The molecule has 3 rings (SSSR count). The van der Waals surface area contributed by atoms with Gasteiger partial charge in [0.05, 0.1) is 0 Å². The molecule has 0 aromatic heterocycles. The fraction of sp³-hybridized carbons (Fsp3) is 0.286. The Morgan fingerprint density at radius 2 is 1.96 bits per heavy atom. The third-order valence-electron chi connectivity index (χ3n) is 4.41. The molecule has 25 heavy (non-hydrogen) atoms. The highest BCUT2D eigenvalue weighted by Gasteiger charge is 2.15. The average Bonchev–Trinajstić information content (AvgIpc) is 2.65. The molecule has 0 saturated heterocycles. The van der Waals surface area contributed by atoms with Crippen molar-refractivity contribution < 1.29 is 9.18 Å². The second kappa shape index (κ2) is 8.47. The number of anilines is 1. The van der Waals surface area contributed by atoms with E-state index < -0.39 is 0 Å². The molecule has 4 heteroatoms. The molecule has 0 aliphatic carbocycles. The fourth-order valence-electron chi connectivity index (χ4n) is 3.13. The van der Waals surface area contributed by atoms with Gasteiger partial charge in [-0.2, -0.15) is 0 Å². The van der Waals surface area contributed by atoms with Gasteiger partial charge >= 0.3 is 0 Å². The SMILES string of the molecule is O=C(/C=C/c1ccc(F)cc1)NCCCN1CCCc2ccccc21. The van der Waals surface area contributed by atoms with Crippen LogP contribution in [0.3, 0.4) is 0 Å². The molecule has 130 valence electrons. The summed E-state index contributed by atoms with van der Waals surface area (Å²) in [7, 11) is 0. The third kappa shape index (κ3) is 4.92. The van der Waals surface area contributed by atoms with Gasteiger partial charge in [0.15, 0.2) is 0 Å². The first-order chi connectivity index (χ1) is 12.2. The minimum atomic E-state index is -0.277. The maximum Gasteiger partial charge on any atom is 0.244 e. The van der Waals surface area contributed by atoms with Crippen LogP contribution in [0.1, 0.15) is 24.0 Å². The van der Waals surface area contributed by atoms with Crippen molar-refractivity contribution in [3.05, 3.63) is 71.6 Å². The molecule has 2 aromatic carbocycles. The summed E-state index contributed by atoms with van der Waals surface area (Å²) in [5.41, 5.74) is 3.55. The lowest BCUT2D eigenvalue weighted by Gasteiger charge is -2.31. The topological polar surface area (TPSA) is 32.3 Å². The van der Waals surface area contributed by atoms with Crippen LogP contribution in [-0.2, 0) is 11.2 Å². The van der Waals surface area contributed by atoms with Crippen molar-refractivity contribution in [2.45, 2.75) is 19.3 Å². The van der Waals surface area contributed by atoms with E-state index in [1.807, 2.05) is 0 Å². The second-order valence-corrected chi connectivity index (χ2v) is 6.25. The van der Waals surface area contributed by atoms with Crippen LogP contribution < -0.4 is 10.2 Å². The number of amides is 1. The van der Waals surface area contributed by atoms with Gasteiger partial charge in [0, 0.05) is 31.4 Å². The number of halogens is 1. The minimum Gasteiger partial charge on any atom is -0.371 e. The molecule has 0 atom stereocenters. The van der Waals surface area contributed by atoms with Crippen molar-refractivity contribution in [2.75, 3.05) is 24.5 Å². The van der Waals surface area contributed by atoms with Gasteiger partial charge in [-0.1, -0.05) is 30.3 Å². The number of nitrogens with zero attached hydrogens (tertiary/aromatic N) is 1. The van der Waals surface area contributed by atoms with E-state index in [1.165, 1.54) is 35.9 Å². The summed E-state index contributed by atoms with van der Waals surface area (Å²) in [6, 6.07) is 14.6. The number of benzene rings is 2. The van der Waals surface area contributed by atoms with E-state index >= 15 is 0 Å². The molecule has 0 saturated carbocycles. The Morgan fingerprint density at radius 1 is 1.16 bits per heavy atom. The Hall–Kier alpha value is -2.62. The lowest BCUT2D eigenvalue weighted by atomic mass is 10.0. The van der Waals surface area contributed by atoms with Gasteiger partial charge in [-0.15, -0.1) is 0 Å². The number of fused-ring (bicyclic) bond motifs is 1. The highest BCUT2D eigenvalue weighted by molar-refractivity contribution is 5.91. The second-order valence-electron chi connectivity index (χ2n) is 6.25. The number of carbonyl (C=O) groups excluding carboxylic acids is 1. The summed E-state index contributed by atoms with van der Waals surface area (Å²) in [6.45, 7) is 2.67. The highest BCUT2D eigenvalue weighted by Crippen LogP contribution is 2.26. The van der Waals surface area contributed by atoms with E-state index in [9.17, 15) is 9.18 Å². The van der Waals surface area contributed by atoms with Crippen molar-refractivity contribution >= 4 is 17.7 Å². The predicted molar refractivity (Wildman–Crippen MR) is 100 cm³/mol. The first-order valence-electron chi connectivity index (χ1n) is 8.77. The number of hydrogen-bond donors (Lipinski definition) is 1. The van der Waals surface area contributed by atoms with Crippen molar-refractivity contribution in [1.82, 2.24) is 5.32 Å². The van der Waals surface area contributed by atoms with Gasteiger partial charge in [0.2, 0.25) is 5.91 Å². The van der Waals surface area contributed by atoms with Crippen molar-refractivity contribution in [1.29, 1.82) is 0 Å². The molecule has 0 radical (unpaired) electrons. The third-order valence-corrected chi connectivity index (χ3v) is 4.41. The first-order valence-corrected chi connectivity index (χ1v) is 8.77. The Bertz CT molecular complexity index is 740. The van der Waals surface area contributed by atoms with E-state index in [-0.39, 0.29) is 11.7 Å². The molecule has 0 bridgehead atoms. The molecule has 0 unspecified atom stereocenters. The lowest BCUT2D eigenvalue weighted by Crippen LogP contribution is -2.32. The zero-order valence-electron chi connectivity index (χ0n) is 14.2. The van der Waals surface area contributed by atoms with Crippen molar-refractivity contribution in [2.24, 2.45) is 0 Å². The van der Waals surface area contributed by atoms with E-state index in [1.54, 1.807) is 18.2 Å². The van der Waals surface area contributed by atoms with Gasteiger partial charge in [-0.05, 0) is 54.7 Å². The van der Waals surface area contributed by atoms with Crippen molar-refractivity contribution in [3.8, 4) is 0 Å². The molecule has 1 aliphatic rings. The zero-order valence-corrected chi connectivity index (χ0v) is 14.2. The first kappa shape index (κ1) is 17.2. The van der Waals surface area contributed by atoms with Crippen LogP contribution >= 0.6 is 0 Å². The fourth-order valence-corrected chi connectivity index (χ4v) is 3.13. The van der Waals surface area contributed by atoms with E-state index in [0.29, 0.717) is 6.54 Å². The smallest absolute Gasteiger partial charge is 0.244 e. The number of hydrogen-bond acceptors (Lipinski definition) is 2. The summed E-state index contributed by atoms with van der Waals surface area (Å²) in [5, 5.41) is 2.90. The Kier molecular flexibility index (Phi) is 5.83. The molecule has 1 aliphatic heterocycles. The Balaban J connectivity index is 1.41. The Labute approximate surface area is 148 Å². The number of nitrogens with one attached hydrogen (secondary N) is 1. The highest BCUT2D eigenvalue weighted by atomic mass is 19.1. The standard InChI is InChI=1S/C21H23FN2O/c22-19-11-8-17(9-12-19)10-13-21(25)23-14-4-16-24-15-3-6-18-5-1-2-7-20(18)24/h1-2,5,7-13H,3-4,6,14-16H2,(H,23,25)/b13-10+. The van der Waals surface area contributed by atoms with E-state index in [2.05, 4.69) is 34.5 Å². The predicted octanol–water partition coefficient (Wildman–Crippen LogP) is 3.80. The van der Waals surface area contributed by atoms with E-state index in [4.69, 9.17) is 0 Å². The van der Waals surface area contributed by atoms with E-state index in [0.717, 1.165) is 31.5 Å². The average molecular weight is 338 g/mol. The van der Waals surface area contributed by atoms with Crippen LogP contribution in [0.15, 0.2) is 54.6 Å². The molecule has 0 spiro atoms. The molecule has 1 N–H and O–H groups in total. The largest absolute Gasteiger partial charge is 0.371 e. The molecule has 1 amide bonds. The van der Waals surface area contributed by atoms with Crippen molar-refractivity contribution in [3.63, 3.8) is 0 Å². The van der Waals surface area contributed by atoms with Crippen LogP contribution in [0.2, 0.25) is 0 Å². The van der Waals surface area contributed by atoms with Gasteiger partial charge in [-0.3, -0.25) is 4.79 Å². The molecule has 3 nitrogen and oxygen atoms in total. The summed E-state index contributed by atoms with van der Waals surface area (Å²) >= 11 is 0. The molecule has 0 fully saturated rings. The summed E-state index contributed by atoms with van der Waals surface area (Å²) in [4.78, 5) is 14.2. The zero-order chi connectivity index (χ0) is 17.5. The molecular formula is C21H23FN2O. The Morgan fingerprint density at radius 3 is 2.80 bits per heavy atom. The molecule has 2 aromatic rings. The normalized spacial score (nSPS) is 13.7. The monoisotopic (exact) mass is 338 g/mol. The van der Waals surface area contributed by atoms with Gasteiger partial charge < -0.3 is 10.2 Å². The quantitative estimate of drug-likeness (QED) is 0.642. The lowest BCUT2D eigenvalue weighted by molar-refractivity contribution is -0.116. The number of carbonyl (C=O) groups is 1. The van der Waals surface area contributed by atoms with Crippen LogP contribution in [-0.4, -0.2) is 25.5 Å². The van der Waals surface area contributed by atoms with Crippen LogP contribution in [0.4, 0.5) is 10.1 Å². The summed E-state index contributed by atoms with van der Waals surface area (Å²) < 4.78 is 12.8. The summed E-state index contributed by atoms with van der Waals surface area (Å²) in [5.74, 6) is -0.399.